The Balaban J connectivity index is 2.08. The molecule has 5 heteroatoms. The minimum atomic E-state index is 0.739. The Morgan fingerprint density at radius 1 is 1.30 bits per heavy atom. The Morgan fingerprint density at radius 3 is 2.70 bits per heavy atom. The fourth-order valence-electron chi connectivity index (χ4n) is 2.00. The van der Waals surface area contributed by atoms with Crippen LogP contribution in [0.5, 0.6) is 0 Å². The lowest BCUT2D eigenvalue weighted by molar-refractivity contribution is 0.529. The molecular formula is C15H22N4O. The molecule has 108 valence electrons. The second-order valence-corrected chi connectivity index (χ2v) is 4.92. The van der Waals surface area contributed by atoms with Gasteiger partial charge in [-0.25, -0.2) is 9.97 Å². The molecule has 2 heterocycles. The molecule has 0 spiro atoms. The predicted molar refractivity (Wildman–Crippen MR) is 79.7 cm³/mol. The summed E-state index contributed by atoms with van der Waals surface area (Å²) in [5.41, 5.74) is 3.32. The van der Waals surface area contributed by atoms with Crippen LogP contribution in [-0.2, 0) is 13.1 Å². The van der Waals surface area contributed by atoms with E-state index in [-0.39, 0.29) is 0 Å². The number of rotatable bonds is 6. The topological polar surface area (TPSA) is 54.2 Å². The molecule has 0 aliphatic rings. The van der Waals surface area contributed by atoms with E-state index in [1.165, 1.54) is 0 Å². The van der Waals surface area contributed by atoms with Gasteiger partial charge < -0.3 is 14.6 Å². The predicted octanol–water partition coefficient (Wildman–Crippen LogP) is 2.43. The summed E-state index contributed by atoms with van der Waals surface area (Å²) < 4.78 is 5.31. The molecule has 20 heavy (non-hydrogen) atoms. The third-order valence-corrected chi connectivity index (χ3v) is 3.35. The minimum absolute atomic E-state index is 0.739. The molecule has 0 aromatic carbocycles. The average Bonchev–Trinajstić information content (AvgIpc) is 2.83. The van der Waals surface area contributed by atoms with Crippen LogP contribution in [0.15, 0.2) is 22.9 Å². The van der Waals surface area contributed by atoms with Gasteiger partial charge in [0.05, 0.1) is 6.26 Å². The zero-order chi connectivity index (χ0) is 14.5. The van der Waals surface area contributed by atoms with Crippen molar-refractivity contribution in [2.45, 2.75) is 33.9 Å². The summed E-state index contributed by atoms with van der Waals surface area (Å²) in [6, 6.07) is 1.98. The molecule has 0 aliphatic heterocycles. The highest BCUT2D eigenvalue weighted by atomic mass is 16.3. The van der Waals surface area contributed by atoms with Crippen LogP contribution in [0.25, 0.3) is 0 Å². The Labute approximate surface area is 120 Å². The maximum atomic E-state index is 5.31. The minimum Gasteiger partial charge on any atom is -0.469 e. The molecule has 0 fully saturated rings. The first-order chi connectivity index (χ1) is 9.61. The Kier molecular flexibility index (Phi) is 4.74. The number of aryl methyl sites for hydroxylation is 2. The summed E-state index contributed by atoms with van der Waals surface area (Å²) in [5.74, 6) is 1.68. The lowest BCUT2D eigenvalue weighted by Gasteiger charge is -2.17. The zero-order valence-electron chi connectivity index (χ0n) is 12.6. The van der Waals surface area contributed by atoms with Gasteiger partial charge in [0.2, 0.25) is 5.95 Å². The van der Waals surface area contributed by atoms with E-state index >= 15 is 0 Å². The van der Waals surface area contributed by atoms with Crippen molar-refractivity contribution in [2.24, 2.45) is 0 Å². The van der Waals surface area contributed by atoms with Crippen molar-refractivity contribution in [1.29, 1.82) is 0 Å². The molecule has 0 amide bonds. The highest BCUT2D eigenvalue weighted by Crippen LogP contribution is 2.15. The van der Waals surface area contributed by atoms with E-state index in [4.69, 9.17) is 4.42 Å². The van der Waals surface area contributed by atoms with Gasteiger partial charge in [0.25, 0.3) is 0 Å². The van der Waals surface area contributed by atoms with Gasteiger partial charge in [0.15, 0.2) is 0 Å². The molecule has 2 aromatic heterocycles. The molecule has 0 saturated carbocycles. The second-order valence-electron chi connectivity index (χ2n) is 4.92. The number of furan rings is 1. The van der Waals surface area contributed by atoms with Crippen molar-refractivity contribution in [3.8, 4) is 0 Å². The van der Waals surface area contributed by atoms with Crippen LogP contribution in [0, 0.1) is 13.8 Å². The van der Waals surface area contributed by atoms with Crippen LogP contribution in [0.4, 0.5) is 5.95 Å². The van der Waals surface area contributed by atoms with Gasteiger partial charge in [-0.05, 0) is 26.5 Å². The summed E-state index contributed by atoms with van der Waals surface area (Å²) in [6.07, 6.45) is 3.61. The van der Waals surface area contributed by atoms with Crippen molar-refractivity contribution < 1.29 is 4.42 Å². The van der Waals surface area contributed by atoms with E-state index in [1.54, 1.807) is 6.26 Å². The van der Waals surface area contributed by atoms with E-state index < -0.39 is 0 Å². The van der Waals surface area contributed by atoms with Crippen molar-refractivity contribution in [1.82, 2.24) is 15.3 Å². The standard InChI is InChI=1S/C15H22N4O/c1-5-16-8-14-9-17-15(18-11(14)2)19(4)10-13-6-7-20-12(13)3/h6-7,9,16H,5,8,10H2,1-4H3. The molecular weight excluding hydrogens is 252 g/mol. The van der Waals surface area contributed by atoms with Crippen LogP contribution in [0.1, 0.15) is 29.5 Å². The van der Waals surface area contributed by atoms with Crippen LogP contribution in [0.3, 0.4) is 0 Å². The molecule has 0 saturated heterocycles. The highest BCUT2D eigenvalue weighted by Gasteiger charge is 2.10. The van der Waals surface area contributed by atoms with E-state index in [0.29, 0.717) is 0 Å². The summed E-state index contributed by atoms with van der Waals surface area (Å²) in [6.45, 7) is 8.58. The fraction of sp³-hybridized carbons (Fsp3) is 0.467. The number of hydrogen-bond donors (Lipinski definition) is 1. The highest BCUT2D eigenvalue weighted by molar-refractivity contribution is 5.34. The van der Waals surface area contributed by atoms with Crippen molar-refractivity contribution in [3.05, 3.63) is 41.1 Å². The first-order valence-electron chi connectivity index (χ1n) is 6.89. The summed E-state index contributed by atoms with van der Waals surface area (Å²) >= 11 is 0. The van der Waals surface area contributed by atoms with Gasteiger partial charge in [-0.3, -0.25) is 0 Å². The fourth-order valence-corrected chi connectivity index (χ4v) is 2.00. The normalized spacial score (nSPS) is 10.8. The number of hydrogen-bond acceptors (Lipinski definition) is 5. The van der Waals surface area contributed by atoms with Crippen LogP contribution >= 0.6 is 0 Å². The van der Waals surface area contributed by atoms with Gasteiger partial charge in [-0.1, -0.05) is 6.92 Å². The molecule has 2 rings (SSSR count). The Bertz CT molecular complexity index is 565. The molecule has 0 radical (unpaired) electrons. The second kappa shape index (κ2) is 6.52. The first kappa shape index (κ1) is 14.5. The van der Waals surface area contributed by atoms with Gasteiger partial charge in [-0.2, -0.15) is 0 Å². The average molecular weight is 274 g/mol. The lowest BCUT2D eigenvalue weighted by atomic mass is 10.2. The van der Waals surface area contributed by atoms with E-state index in [0.717, 1.165) is 48.2 Å². The van der Waals surface area contributed by atoms with Gasteiger partial charge in [0.1, 0.15) is 5.76 Å². The maximum absolute atomic E-state index is 5.31. The smallest absolute Gasteiger partial charge is 0.225 e. The molecule has 0 atom stereocenters. The van der Waals surface area contributed by atoms with E-state index in [2.05, 4.69) is 22.2 Å². The van der Waals surface area contributed by atoms with E-state index in [9.17, 15) is 0 Å². The SMILES string of the molecule is CCNCc1cnc(N(C)Cc2ccoc2C)nc1C. The Morgan fingerprint density at radius 2 is 2.10 bits per heavy atom. The summed E-state index contributed by atoms with van der Waals surface area (Å²) in [7, 11) is 1.99. The third kappa shape index (κ3) is 3.36. The first-order valence-corrected chi connectivity index (χ1v) is 6.89. The van der Waals surface area contributed by atoms with Crippen LogP contribution in [0.2, 0.25) is 0 Å². The number of nitrogens with zero attached hydrogens (tertiary/aromatic N) is 3. The van der Waals surface area contributed by atoms with Crippen molar-refractivity contribution >= 4 is 5.95 Å². The number of aromatic nitrogens is 2. The van der Waals surface area contributed by atoms with E-state index in [1.807, 2.05) is 38.1 Å². The van der Waals surface area contributed by atoms with Gasteiger partial charge >= 0.3 is 0 Å². The monoisotopic (exact) mass is 274 g/mol. The van der Waals surface area contributed by atoms with Crippen molar-refractivity contribution in [3.63, 3.8) is 0 Å². The van der Waals surface area contributed by atoms with Gasteiger partial charge in [-0.15, -0.1) is 0 Å². The van der Waals surface area contributed by atoms with Crippen LogP contribution in [-0.4, -0.2) is 23.6 Å². The molecule has 0 bridgehead atoms. The third-order valence-electron chi connectivity index (χ3n) is 3.35. The molecule has 0 unspecified atom stereocenters. The molecule has 5 nitrogen and oxygen atoms in total. The molecule has 0 aliphatic carbocycles. The van der Waals surface area contributed by atoms with Crippen LogP contribution < -0.4 is 10.2 Å². The summed E-state index contributed by atoms with van der Waals surface area (Å²) in [5, 5.41) is 3.29. The summed E-state index contributed by atoms with van der Waals surface area (Å²) in [4.78, 5) is 11.1. The van der Waals surface area contributed by atoms with Gasteiger partial charge in [0, 0.05) is 43.2 Å². The maximum Gasteiger partial charge on any atom is 0.225 e. The number of anilines is 1. The molecule has 1 N–H and O–H groups in total. The largest absolute Gasteiger partial charge is 0.469 e. The zero-order valence-corrected chi connectivity index (χ0v) is 12.6. The van der Waals surface area contributed by atoms with Crippen molar-refractivity contribution in [2.75, 3.05) is 18.5 Å². The lowest BCUT2D eigenvalue weighted by Crippen LogP contribution is -2.21. The molecule has 2 aromatic rings. The Hall–Kier alpha value is -1.88. The number of nitrogens with one attached hydrogen (secondary N) is 1. The quantitative estimate of drug-likeness (QED) is 0.876.